The SMILES string of the molecule is C=C1C[C@H](CC)[C@@H](C)C(C[C@@H]2C[C@H](COOOOOOOOOOOOOOOOOO)[C@@H](O)[C@H](O)[C@H]2O)=C1C. The van der Waals surface area contributed by atoms with Gasteiger partial charge in [0.15, 0.2) is 0 Å². The summed E-state index contributed by atoms with van der Waals surface area (Å²) in [5, 5.41) is 97.0. The Hall–Kier alpha value is -1.36. The van der Waals surface area contributed by atoms with Gasteiger partial charge in [0.05, 0.1) is 18.8 Å². The van der Waals surface area contributed by atoms with Crippen molar-refractivity contribution in [3.8, 4) is 0 Å². The Labute approximate surface area is 225 Å². The van der Waals surface area contributed by atoms with Crippen LogP contribution in [0.2, 0.25) is 0 Å². The topological polar surface area (TPSA) is 238 Å². The maximum absolute atomic E-state index is 10.7. The van der Waals surface area contributed by atoms with E-state index in [-0.39, 0.29) is 12.5 Å². The van der Waals surface area contributed by atoms with Crippen LogP contribution in [-0.4, -0.2) is 45.5 Å². The Kier molecular flexibility index (Phi) is 17.2. The molecule has 7 atom stereocenters. The number of allylic oxidation sites excluding steroid dienone is 3. The van der Waals surface area contributed by atoms with E-state index in [2.05, 4.69) is 101 Å². The second-order valence-corrected chi connectivity index (χ2v) is 8.73. The molecule has 1 fully saturated rings. The molecule has 40 heavy (non-hydrogen) atoms. The minimum Gasteiger partial charge on any atom is -0.390 e. The molecule has 0 amide bonds. The second-order valence-electron chi connectivity index (χ2n) is 8.73. The highest BCUT2D eigenvalue weighted by Crippen LogP contribution is 2.44. The molecule has 4 N–H and O–H groups in total. The summed E-state index contributed by atoms with van der Waals surface area (Å²) in [5.74, 6) is -0.188. The highest BCUT2D eigenvalue weighted by molar-refractivity contribution is 5.37. The van der Waals surface area contributed by atoms with Crippen LogP contribution in [-0.2, 0) is 85.5 Å². The van der Waals surface area contributed by atoms with Crippen molar-refractivity contribution < 1.29 is 106 Å². The first-order valence-electron chi connectivity index (χ1n) is 11.7. The normalized spacial score (nSPS) is 29.4. The maximum Gasteiger partial charge on any atom is 0.106 e. The molecule has 0 bridgehead atoms. The predicted octanol–water partition coefficient (Wildman–Crippen LogP) is 1.43. The lowest BCUT2D eigenvalue weighted by atomic mass is 9.67. The lowest BCUT2D eigenvalue weighted by Gasteiger charge is -2.42. The van der Waals surface area contributed by atoms with Gasteiger partial charge < -0.3 is 15.3 Å². The van der Waals surface area contributed by atoms with Crippen molar-refractivity contribution in [3.63, 3.8) is 0 Å². The molecular weight excluding hydrogens is 564 g/mol. The van der Waals surface area contributed by atoms with Crippen LogP contribution in [0.25, 0.3) is 0 Å². The van der Waals surface area contributed by atoms with E-state index < -0.39 is 24.2 Å². The average molecular weight is 596 g/mol. The molecule has 0 spiro atoms. The van der Waals surface area contributed by atoms with Crippen LogP contribution >= 0.6 is 0 Å². The molecule has 2 rings (SSSR count). The van der Waals surface area contributed by atoms with E-state index in [9.17, 15) is 15.3 Å². The lowest BCUT2D eigenvalue weighted by molar-refractivity contribution is -0.889. The maximum atomic E-state index is 10.7. The molecule has 0 aromatic carbocycles. The zero-order valence-corrected chi connectivity index (χ0v) is 21.5. The van der Waals surface area contributed by atoms with Gasteiger partial charge in [0.1, 0.15) is 6.10 Å². The number of aliphatic hydroxyl groups is 3. The number of hydrogen-bond acceptors (Lipinski definition) is 21. The Morgan fingerprint density at radius 1 is 0.700 bits per heavy atom. The van der Waals surface area contributed by atoms with Crippen molar-refractivity contribution in [1.82, 2.24) is 0 Å². The molecule has 0 aliphatic heterocycles. The molecule has 234 valence electrons. The summed E-state index contributed by atoms with van der Waals surface area (Å²) in [4.78, 5) is 4.81. The molecule has 0 aromatic rings. The molecule has 0 heterocycles. The first-order valence-corrected chi connectivity index (χ1v) is 11.7. The molecular formula is C19H32O21. The fourth-order valence-corrected chi connectivity index (χ4v) is 4.71. The van der Waals surface area contributed by atoms with Crippen LogP contribution in [0.3, 0.4) is 0 Å². The molecule has 21 heteroatoms. The van der Waals surface area contributed by atoms with E-state index in [1.807, 2.05) is 6.92 Å². The number of aliphatic hydroxyl groups excluding tert-OH is 3. The van der Waals surface area contributed by atoms with E-state index in [0.717, 1.165) is 24.0 Å². The van der Waals surface area contributed by atoms with Crippen LogP contribution in [0.5, 0.6) is 0 Å². The predicted molar refractivity (Wildman–Crippen MR) is 110 cm³/mol. The first kappa shape index (κ1) is 34.8. The monoisotopic (exact) mass is 596 g/mol. The third-order valence-corrected chi connectivity index (χ3v) is 6.80. The van der Waals surface area contributed by atoms with Gasteiger partial charge in [0, 0.05) is 5.92 Å². The Bertz CT molecular complexity index is 737. The Balaban J connectivity index is 1.59. The van der Waals surface area contributed by atoms with Crippen LogP contribution < -0.4 is 0 Å². The van der Waals surface area contributed by atoms with E-state index >= 15 is 0 Å². The lowest BCUT2D eigenvalue weighted by Crippen LogP contribution is -2.52. The fourth-order valence-electron chi connectivity index (χ4n) is 4.71. The van der Waals surface area contributed by atoms with Gasteiger partial charge in [-0.05, 0) is 130 Å². The first-order chi connectivity index (χ1) is 19.3. The van der Waals surface area contributed by atoms with Crippen LogP contribution in [0.4, 0.5) is 0 Å². The third-order valence-electron chi connectivity index (χ3n) is 6.80. The van der Waals surface area contributed by atoms with Crippen molar-refractivity contribution in [2.45, 2.75) is 64.8 Å². The Morgan fingerprint density at radius 3 is 1.68 bits per heavy atom. The summed E-state index contributed by atoms with van der Waals surface area (Å²) in [6, 6.07) is 0. The summed E-state index contributed by atoms with van der Waals surface area (Å²) < 4.78 is 0. The quantitative estimate of drug-likeness (QED) is 0.0832. The summed E-state index contributed by atoms with van der Waals surface area (Å²) in [6.07, 6.45) is -0.980. The largest absolute Gasteiger partial charge is 0.390 e. The summed E-state index contributed by atoms with van der Waals surface area (Å²) in [5.41, 5.74) is 3.40. The molecule has 0 unspecified atom stereocenters. The van der Waals surface area contributed by atoms with Crippen LogP contribution in [0.1, 0.15) is 46.5 Å². The number of rotatable bonds is 21. The van der Waals surface area contributed by atoms with Crippen molar-refractivity contribution in [2.24, 2.45) is 23.7 Å². The van der Waals surface area contributed by atoms with Gasteiger partial charge in [-0.3, -0.25) is 0 Å². The molecule has 1 saturated carbocycles. The van der Waals surface area contributed by atoms with Crippen molar-refractivity contribution in [2.75, 3.05) is 6.61 Å². The molecule has 0 saturated heterocycles. The molecule has 2 aliphatic carbocycles. The van der Waals surface area contributed by atoms with Crippen LogP contribution in [0.15, 0.2) is 23.3 Å². The van der Waals surface area contributed by atoms with Gasteiger partial charge in [0.2, 0.25) is 0 Å². The third kappa shape index (κ3) is 11.5. The van der Waals surface area contributed by atoms with Crippen molar-refractivity contribution in [1.29, 1.82) is 0 Å². The second kappa shape index (κ2) is 19.7. The summed E-state index contributed by atoms with van der Waals surface area (Å²) in [7, 11) is 0. The minimum absolute atomic E-state index is 0.237. The summed E-state index contributed by atoms with van der Waals surface area (Å²) in [6.45, 7) is 10.3. The zero-order chi connectivity index (χ0) is 29.3. The Morgan fingerprint density at radius 2 is 1.18 bits per heavy atom. The van der Waals surface area contributed by atoms with E-state index in [1.165, 1.54) is 5.57 Å². The smallest absolute Gasteiger partial charge is 0.106 e. The van der Waals surface area contributed by atoms with E-state index in [1.54, 1.807) is 0 Å². The van der Waals surface area contributed by atoms with E-state index in [4.69, 9.17) is 10.1 Å². The fraction of sp³-hybridized carbons (Fsp3) is 0.789. The van der Waals surface area contributed by atoms with Gasteiger partial charge >= 0.3 is 0 Å². The summed E-state index contributed by atoms with van der Waals surface area (Å²) >= 11 is 0. The van der Waals surface area contributed by atoms with Gasteiger partial charge in [-0.2, -0.15) is 0 Å². The molecule has 2 aliphatic rings. The van der Waals surface area contributed by atoms with E-state index in [0.29, 0.717) is 24.7 Å². The molecule has 0 radical (unpaired) electrons. The standard InChI is InChI=1S/C19H32O21/c1-5-13-6-10(2)11(3)16(12(13)4)8-14-7-15(18(21)19(22)17(14)20)9-24-26-28-30-32-34-36-38-40-39-37-35-33-31-29-27-25-23/h12-15,17-23H,2,5-9H2,1,3-4H3/t12-,13+,14+,15-,17+,18-,19-/m1/s1. The van der Waals surface area contributed by atoms with Crippen LogP contribution in [0, 0.1) is 23.7 Å². The van der Waals surface area contributed by atoms with Gasteiger partial charge in [-0.25, -0.2) is 10.1 Å². The van der Waals surface area contributed by atoms with Crippen molar-refractivity contribution in [3.05, 3.63) is 23.3 Å². The highest BCUT2D eigenvalue weighted by atomic mass is 18.0. The van der Waals surface area contributed by atoms with Gasteiger partial charge in [-0.1, -0.05) is 38.0 Å². The zero-order valence-electron chi connectivity index (χ0n) is 21.5. The highest BCUT2D eigenvalue weighted by Gasteiger charge is 2.44. The minimum atomic E-state index is -1.39. The van der Waals surface area contributed by atoms with Crippen molar-refractivity contribution >= 4 is 0 Å². The molecule has 0 aromatic heterocycles. The average Bonchev–Trinajstić information content (AvgIpc) is 2.95. The van der Waals surface area contributed by atoms with Gasteiger partial charge in [-0.15, -0.1) is 0 Å². The number of hydrogen-bond donors (Lipinski definition) is 4. The van der Waals surface area contributed by atoms with Gasteiger partial charge in [0.25, 0.3) is 0 Å². The molecule has 21 nitrogen and oxygen atoms in total.